The van der Waals surface area contributed by atoms with Crippen LogP contribution in [0.1, 0.15) is 49.6 Å². The van der Waals surface area contributed by atoms with Crippen LogP contribution in [-0.4, -0.2) is 48.8 Å². The van der Waals surface area contributed by atoms with Gasteiger partial charge < -0.3 is 20.0 Å². The number of piperidine rings is 1. The van der Waals surface area contributed by atoms with Crippen molar-refractivity contribution in [1.29, 1.82) is 0 Å². The van der Waals surface area contributed by atoms with Crippen LogP contribution in [0.25, 0.3) is 0 Å². The Bertz CT molecular complexity index is 563. The third kappa shape index (κ3) is 5.92. The molecule has 0 radical (unpaired) electrons. The lowest BCUT2D eigenvalue weighted by Gasteiger charge is -2.31. The molecule has 1 aliphatic heterocycles. The highest BCUT2D eigenvalue weighted by Crippen LogP contribution is 2.18. The van der Waals surface area contributed by atoms with Gasteiger partial charge in [0.25, 0.3) is 5.91 Å². The molecule has 1 aromatic heterocycles. The fourth-order valence-corrected chi connectivity index (χ4v) is 2.88. The first-order valence-corrected chi connectivity index (χ1v) is 8.99. The average Bonchev–Trinajstić information content (AvgIpc) is 3.18. The quantitative estimate of drug-likeness (QED) is 0.697. The summed E-state index contributed by atoms with van der Waals surface area (Å²) >= 11 is 0. The molecule has 0 saturated carbocycles. The van der Waals surface area contributed by atoms with Crippen molar-refractivity contribution in [2.45, 2.75) is 39.0 Å². The molecule has 7 nitrogen and oxygen atoms in total. The molecular weight excluding hydrogens is 322 g/mol. The molecule has 7 heteroatoms. The number of carbonyl (C=O) groups excluding carboxylic acids is 3. The molecule has 1 fully saturated rings. The molecule has 2 heterocycles. The van der Waals surface area contributed by atoms with Gasteiger partial charge in [0.1, 0.15) is 0 Å². The topological polar surface area (TPSA) is 91.7 Å². The molecule has 25 heavy (non-hydrogen) atoms. The molecule has 2 N–H and O–H groups in total. The van der Waals surface area contributed by atoms with Crippen molar-refractivity contribution in [3.8, 4) is 0 Å². The SMILES string of the molecule is CCCNC(=O)C1CCN(C(=O)CCCNC(=O)c2ccco2)CC1. The van der Waals surface area contributed by atoms with E-state index in [1.54, 1.807) is 12.1 Å². The summed E-state index contributed by atoms with van der Waals surface area (Å²) in [5.74, 6) is 0.212. The lowest BCUT2D eigenvalue weighted by molar-refractivity contribution is -0.135. The van der Waals surface area contributed by atoms with E-state index in [1.165, 1.54) is 6.26 Å². The minimum absolute atomic E-state index is 0.0168. The van der Waals surface area contributed by atoms with Gasteiger partial charge in [-0.1, -0.05) is 6.92 Å². The Hall–Kier alpha value is -2.31. The second-order valence-corrected chi connectivity index (χ2v) is 6.28. The number of carbonyl (C=O) groups is 3. The van der Waals surface area contributed by atoms with E-state index in [1.807, 2.05) is 11.8 Å². The molecule has 0 spiro atoms. The minimum Gasteiger partial charge on any atom is -0.459 e. The molecule has 0 atom stereocenters. The first-order valence-electron chi connectivity index (χ1n) is 8.99. The summed E-state index contributed by atoms with van der Waals surface area (Å²) in [5.41, 5.74) is 0. The third-order valence-electron chi connectivity index (χ3n) is 4.37. The van der Waals surface area contributed by atoms with Crippen LogP contribution in [-0.2, 0) is 9.59 Å². The monoisotopic (exact) mass is 349 g/mol. The number of furan rings is 1. The first-order chi connectivity index (χ1) is 12.1. The molecule has 1 saturated heterocycles. The molecule has 2 rings (SSSR count). The van der Waals surface area contributed by atoms with Gasteiger partial charge in [0.2, 0.25) is 11.8 Å². The van der Waals surface area contributed by atoms with Crippen LogP contribution in [0.2, 0.25) is 0 Å². The van der Waals surface area contributed by atoms with Gasteiger partial charge in [0, 0.05) is 38.5 Å². The number of hydrogen-bond acceptors (Lipinski definition) is 4. The maximum Gasteiger partial charge on any atom is 0.286 e. The summed E-state index contributed by atoms with van der Waals surface area (Å²) in [7, 11) is 0. The van der Waals surface area contributed by atoms with Crippen molar-refractivity contribution in [2.24, 2.45) is 5.92 Å². The van der Waals surface area contributed by atoms with Crippen LogP contribution < -0.4 is 10.6 Å². The van der Waals surface area contributed by atoms with Gasteiger partial charge in [-0.3, -0.25) is 14.4 Å². The van der Waals surface area contributed by atoms with Crippen LogP contribution in [0.15, 0.2) is 22.8 Å². The zero-order chi connectivity index (χ0) is 18.1. The predicted molar refractivity (Wildman–Crippen MR) is 92.9 cm³/mol. The van der Waals surface area contributed by atoms with Crippen molar-refractivity contribution in [2.75, 3.05) is 26.2 Å². The highest BCUT2D eigenvalue weighted by molar-refractivity contribution is 5.91. The Morgan fingerprint density at radius 1 is 1.20 bits per heavy atom. The van der Waals surface area contributed by atoms with E-state index >= 15 is 0 Å². The van der Waals surface area contributed by atoms with E-state index in [0.717, 1.165) is 19.3 Å². The minimum atomic E-state index is -0.267. The summed E-state index contributed by atoms with van der Waals surface area (Å²) < 4.78 is 5.00. The molecule has 0 aliphatic carbocycles. The van der Waals surface area contributed by atoms with Crippen molar-refractivity contribution >= 4 is 17.7 Å². The van der Waals surface area contributed by atoms with Crippen molar-refractivity contribution in [3.63, 3.8) is 0 Å². The molecule has 0 aromatic carbocycles. The summed E-state index contributed by atoms with van der Waals surface area (Å²) in [6.45, 7) is 4.42. The van der Waals surface area contributed by atoms with Gasteiger partial charge in [0.05, 0.1) is 6.26 Å². The van der Waals surface area contributed by atoms with Crippen LogP contribution >= 0.6 is 0 Å². The zero-order valence-corrected chi connectivity index (χ0v) is 14.8. The lowest BCUT2D eigenvalue weighted by Crippen LogP contribution is -2.43. The Labute approximate surface area is 148 Å². The van der Waals surface area contributed by atoms with E-state index in [9.17, 15) is 14.4 Å². The Balaban J connectivity index is 1.60. The zero-order valence-electron chi connectivity index (χ0n) is 14.8. The number of nitrogens with one attached hydrogen (secondary N) is 2. The van der Waals surface area contributed by atoms with E-state index < -0.39 is 0 Å². The maximum atomic E-state index is 12.2. The second kappa shape index (κ2) is 9.86. The van der Waals surface area contributed by atoms with Crippen molar-refractivity contribution in [3.05, 3.63) is 24.2 Å². The molecule has 1 aliphatic rings. The van der Waals surface area contributed by atoms with Crippen LogP contribution in [0, 0.1) is 5.92 Å². The molecule has 0 unspecified atom stereocenters. The third-order valence-corrected chi connectivity index (χ3v) is 4.37. The van der Waals surface area contributed by atoms with E-state index in [2.05, 4.69) is 10.6 Å². The van der Waals surface area contributed by atoms with Gasteiger partial charge in [-0.2, -0.15) is 0 Å². The van der Waals surface area contributed by atoms with E-state index in [0.29, 0.717) is 39.0 Å². The number of hydrogen-bond donors (Lipinski definition) is 2. The van der Waals surface area contributed by atoms with Gasteiger partial charge >= 0.3 is 0 Å². The normalized spacial score (nSPS) is 15.0. The largest absolute Gasteiger partial charge is 0.459 e. The van der Waals surface area contributed by atoms with E-state index in [-0.39, 0.29) is 29.4 Å². The number of amides is 3. The number of nitrogens with zero attached hydrogens (tertiary/aromatic N) is 1. The fraction of sp³-hybridized carbons (Fsp3) is 0.611. The molecule has 138 valence electrons. The summed E-state index contributed by atoms with van der Waals surface area (Å²) in [6, 6.07) is 3.26. The highest BCUT2D eigenvalue weighted by atomic mass is 16.3. The maximum absolute atomic E-state index is 12.2. The first kappa shape index (κ1) is 19.0. The fourth-order valence-electron chi connectivity index (χ4n) is 2.88. The molecular formula is C18H27N3O4. The second-order valence-electron chi connectivity index (χ2n) is 6.28. The Morgan fingerprint density at radius 3 is 2.60 bits per heavy atom. The van der Waals surface area contributed by atoms with Gasteiger partial charge in [-0.25, -0.2) is 0 Å². The number of rotatable bonds is 8. The molecule has 0 bridgehead atoms. The summed E-state index contributed by atoms with van der Waals surface area (Å²) in [6.07, 6.45) is 4.80. The highest BCUT2D eigenvalue weighted by Gasteiger charge is 2.26. The summed E-state index contributed by atoms with van der Waals surface area (Å²) in [5, 5.41) is 5.65. The Morgan fingerprint density at radius 2 is 1.96 bits per heavy atom. The van der Waals surface area contributed by atoms with Gasteiger partial charge in [0.15, 0.2) is 5.76 Å². The van der Waals surface area contributed by atoms with Crippen molar-refractivity contribution in [1.82, 2.24) is 15.5 Å². The Kier molecular flexibility index (Phi) is 7.50. The van der Waals surface area contributed by atoms with Crippen LogP contribution in [0.4, 0.5) is 0 Å². The van der Waals surface area contributed by atoms with Gasteiger partial charge in [-0.15, -0.1) is 0 Å². The molecule has 3 amide bonds. The van der Waals surface area contributed by atoms with E-state index in [4.69, 9.17) is 4.42 Å². The van der Waals surface area contributed by atoms with Crippen LogP contribution in [0.3, 0.4) is 0 Å². The number of likely N-dealkylation sites (tertiary alicyclic amines) is 1. The summed E-state index contributed by atoms with van der Waals surface area (Å²) in [4.78, 5) is 37.7. The van der Waals surface area contributed by atoms with Crippen molar-refractivity contribution < 1.29 is 18.8 Å². The standard InChI is InChI=1S/C18H27N3O4/c1-2-9-19-17(23)14-7-11-21(12-8-14)16(22)6-3-10-20-18(24)15-5-4-13-25-15/h4-5,13-14H,2-3,6-12H2,1H3,(H,19,23)(H,20,24). The average molecular weight is 349 g/mol. The van der Waals surface area contributed by atoms with Gasteiger partial charge in [-0.05, 0) is 37.8 Å². The lowest BCUT2D eigenvalue weighted by atomic mass is 9.95. The molecule has 1 aromatic rings. The predicted octanol–water partition coefficient (Wildman–Crippen LogP) is 1.55. The smallest absolute Gasteiger partial charge is 0.286 e. The van der Waals surface area contributed by atoms with Crippen LogP contribution in [0.5, 0.6) is 0 Å².